The summed E-state index contributed by atoms with van der Waals surface area (Å²) in [7, 11) is 0. The molecule has 0 unspecified atom stereocenters. The summed E-state index contributed by atoms with van der Waals surface area (Å²) in [5, 5.41) is 14.5. The van der Waals surface area contributed by atoms with Gasteiger partial charge in [0.25, 0.3) is 5.91 Å². The number of primary amides is 1. The van der Waals surface area contributed by atoms with Crippen molar-refractivity contribution < 1.29 is 19.1 Å². The zero-order valence-electron chi connectivity index (χ0n) is 12.8. The average molecular weight is 322 g/mol. The number of benzene rings is 1. The summed E-state index contributed by atoms with van der Waals surface area (Å²) in [5.74, 6) is -1.38. The van der Waals surface area contributed by atoms with Crippen LogP contribution in [0.2, 0.25) is 0 Å². The van der Waals surface area contributed by atoms with Gasteiger partial charge in [0.1, 0.15) is 17.6 Å². The maximum absolute atomic E-state index is 13.0. The third-order valence-corrected chi connectivity index (χ3v) is 3.62. The standard InChI is InChI=1S/C15H19FN4O3/c1-2-19(7-8-21)15(23)12-9-13(14(17)22)20(18-12)11-5-3-10(16)4-6-11/h3-6,13,21H,2,7-9H2,1H3,(H2,17,22)/t13-/m0/s1. The zero-order valence-corrected chi connectivity index (χ0v) is 12.8. The van der Waals surface area contributed by atoms with Crippen LogP contribution in [0.25, 0.3) is 0 Å². The molecule has 1 aromatic rings. The molecule has 0 fully saturated rings. The van der Waals surface area contributed by atoms with Crippen LogP contribution in [0.3, 0.4) is 0 Å². The summed E-state index contributed by atoms with van der Waals surface area (Å²) < 4.78 is 13.0. The molecule has 0 spiro atoms. The van der Waals surface area contributed by atoms with Crippen LogP contribution >= 0.6 is 0 Å². The lowest BCUT2D eigenvalue weighted by Crippen LogP contribution is -2.41. The molecule has 1 heterocycles. The molecule has 0 saturated heterocycles. The highest BCUT2D eigenvalue weighted by Crippen LogP contribution is 2.25. The number of anilines is 1. The Kier molecular flexibility index (Phi) is 5.28. The first kappa shape index (κ1) is 16.9. The van der Waals surface area contributed by atoms with E-state index in [1.54, 1.807) is 6.92 Å². The minimum Gasteiger partial charge on any atom is -0.395 e. The number of carbonyl (C=O) groups is 2. The molecule has 1 aliphatic rings. The van der Waals surface area contributed by atoms with Crippen molar-refractivity contribution in [3.05, 3.63) is 30.1 Å². The van der Waals surface area contributed by atoms with Gasteiger partial charge < -0.3 is 15.7 Å². The Bertz CT molecular complexity index is 618. The van der Waals surface area contributed by atoms with E-state index in [0.29, 0.717) is 12.2 Å². The average Bonchev–Trinajstić information content (AvgIpc) is 2.98. The number of halogens is 1. The van der Waals surface area contributed by atoms with E-state index in [9.17, 15) is 14.0 Å². The number of aliphatic hydroxyl groups is 1. The van der Waals surface area contributed by atoms with E-state index in [2.05, 4.69) is 5.10 Å². The van der Waals surface area contributed by atoms with Gasteiger partial charge in [-0.1, -0.05) is 0 Å². The highest BCUT2D eigenvalue weighted by Gasteiger charge is 2.36. The fraction of sp³-hybridized carbons (Fsp3) is 0.400. The number of hydrazone groups is 1. The van der Waals surface area contributed by atoms with Gasteiger partial charge in [-0.05, 0) is 31.2 Å². The van der Waals surface area contributed by atoms with Crippen molar-refractivity contribution >= 4 is 23.2 Å². The minimum absolute atomic E-state index is 0.0769. The van der Waals surface area contributed by atoms with E-state index in [1.165, 1.54) is 34.2 Å². The molecule has 1 aromatic carbocycles. The zero-order chi connectivity index (χ0) is 17.0. The van der Waals surface area contributed by atoms with Gasteiger partial charge in [0.05, 0.1) is 12.3 Å². The second-order valence-corrected chi connectivity index (χ2v) is 5.10. The Hall–Kier alpha value is -2.48. The van der Waals surface area contributed by atoms with Crippen molar-refractivity contribution in [3.63, 3.8) is 0 Å². The largest absolute Gasteiger partial charge is 0.395 e. The molecule has 0 saturated carbocycles. The number of amides is 2. The van der Waals surface area contributed by atoms with Crippen molar-refractivity contribution in [1.82, 2.24) is 4.90 Å². The quantitative estimate of drug-likeness (QED) is 0.775. The molecule has 8 heteroatoms. The molecule has 0 bridgehead atoms. The van der Waals surface area contributed by atoms with Crippen LogP contribution in [0.1, 0.15) is 13.3 Å². The molecule has 0 aliphatic carbocycles. The normalized spacial score (nSPS) is 17.1. The van der Waals surface area contributed by atoms with E-state index in [-0.39, 0.29) is 31.2 Å². The summed E-state index contributed by atoms with van der Waals surface area (Å²) in [6.45, 7) is 2.22. The highest BCUT2D eigenvalue weighted by molar-refractivity contribution is 6.40. The first-order valence-corrected chi connectivity index (χ1v) is 7.29. The highest BCUT2D eigenvalue weighted by atomic mass is 19.1. The molecule has 0 aromatic heterocycles. The van der Waals surface area contributed by atoms with Gasteiger partial charge in [-0.3, -0.25) is 14.6 Å². The number of hydrogen-bond donors (Lipinski definition) is 2. The predicted molar refractivity (Wildman–Crippen MR) is 83.3 cm³/mol. The van der Waals surface area contributed by atoms with Crippen molar-refractivity contribution in [1.29, 1.82) is 0 Å². The van der Waals surface area contributed by atoms with Crippen LogP contribution in [0.15, 0.2) is 29.4 Å². The fourth-order valence-electron chi connectivity index (χ4n) is 2.40. The summed E-state index contributed by atoms with van der Waals surface area (Å²) >= 11 is 0. The van der Waals surface area contributed by atoms with Crippen molar-refractivity contribution in [2.24, 2.45) is 10.8 Å². The van der Waals surface area contributed by atoms with Crippen LogP contribution in [-0.4, -0.2) is 53.3 Å². The van der Waals surface area contributed by atoms with E-state index in [0.717, 1.165) is 0 Å². The maximum Gasteiger partial charge on any atom is 0.270 e. The van der Waals surface area contributed by atoms with Crippen LogP contribution < -0.4 is 10.7 Å². The lowest BCUT2D eigenvalue weighted by Gasteiger charge is -2.20. The fourth-order valence-corrected chi connectivity index (χ4v) is 2.40. The Morgan fingerprint density at radius 2 is 2.09 bits per heavy atom. The molecule has 1 atom stereocenters. The number of nitrogens with two attached hydrogens (primary N) is 1. The first-order valence-electron chi connectivity index (χ1n) is 7.29. The van der Waals surface area contributed by atoms with E-state index in [4.69, 9.17) is 10.8 Å². The van der Waals surface area contributed by atoms with E-state index in [1.807, 2.05) is 0 Å². The molecule has 0 radical (unpaired) electrons. The molecule has 2 amide bonds. The number of likely N-dealkylation sites (N-methyl/N-ethyl adjacent to an activating group) is 1. The van der Waals surface area contributed by atoms with Gasteiger partial charge in [0, 0.05) is 19.5 Å². The van der Waals surface area contributed by atoms with Gasteiger partial charge in [-0.25, -0.2) is 4.39 Å². The Labute approximate surface area is 133 Å². The smallest absolute Gasteiger partial charge is 0.270 e. The maximum atomic E-state index is 13.0. The van der Waals surface area contributed by atoms with Gasteiger partial charge in [-0.15, -0.1) is 0 Å². The second-order valence-electron chi connectivity index (χ2n) is 5.10. The number of hydrogen-bond acceptors (Lipinski definition) is 5. The molecular formula is C15H19FN4O3. The van der Waals surface area contributed by atoms with E-state index < -0.39 is 17.8 Å². The van der Waals surface area contributed by atoms with Gasteiger partial charge in [-0.2, -0.15) is 5.10 Å². The molecular weight excluding hydrogens is 303 g/mol. The summed E-state index contributed by atoms with van der Waals surface area (Å²) in [5.41, 5.74) is 6.06. The van der Waals surface area contributed by atoms with Gasteiger partial charge in [0.15, 0.2) is 0 Å². The molecule has 7 nitrogen and oxygen atoms in total. The predicted octanol–water partition coefficient (Wildman–Crippen LogP) is 0.0865. The van der Waals surface area contributed by atoms with Crippen LogP contribution in [0.4, 0.5) is 10.1 Å². The SMILES string of the molecule is CCN(CCO)C(=O)C1=NN(c2ccc(F)cc2)[C@H](C(N)=O)C1. The number of carbonyl (C=O) groups excluding carboxylic acids is 2. The van der Waals surface area contributed by atoms with Crippen molar-refractivity contribution in [3.8, 4) is 0 Å². The molecule has 23 heavy (non-hydrogen) atoms. The van der Waals surface area contributed by atoms with Crippen LogP contribution in [0.5, 0.6) is 0 Å². The van der Waals surface area contributed by atoms with Gasteiger partial charge in [0.2, 0.25) is 5.91 Å². The van der Waals surface area contributed by atoms with E-state index >= 15 is 0 Å². The lowest BCUT2D eigenvalue weighted by atomic mass is 10.1. The number of aliphatic hydroxyl groups excluding tert-OH is 1. The Balaban J connectivity index is 2.28. The summed E-state index contributed by atoms with van der Waals surface area (Å²) in [6, 6.07) is 4.62. The third kappa shape index (κ3) is 3.65. The second kappa shape index (κ2) is 7.19. The first-order chi connectivity index (χ1) is 11.0. The monoisotopic (exact) mass is 322 g/mol. The summed E-state index contributed by atoms with van der Waals surface area (Å²) in [6.07, 6.45) is 0.0769. The van der Waals surface area contributed by atoms with Crippen molar-refractivity contribution in [2.45, 2.75) is 19.4 Å². The van der Waals surface area contributed by atoms with Crippen molar-refractivity contribution in [2.75, 3.05) is 24.7 Å². The molecule has 124 valence electrons. The van der Waals surface area contributed by atoms with Gasteiger partial charge >= 0.3 is 0 Å². The molecule has 1 aliphatic heterocycles. The van der Waals surface area contributed by atoms with Crippen LogP contribution in [0, 0.1) is 5.82 Å². The topological polar surface area (TPSA) is 99.2 Å². The minimum atomic E-state index is -0.799. The van der Waals surface area contributed by atoms with Crippen LogP contribution in [-0.2, 0) is 9.59 Å². The summed E-state index contributed by atoms with van der Waals surface area (Å²) in [4.78, 5) is 25.5. The number of nitrogens with zero attached hydrogens (tertiary/aromatic N) is 3. The molecule has 3 N–H and O–H groups in total. The number of rotatable bonds is 6. The Morgan fingerprint density at radius 3 is 2.61 bits per heavy atom. The lowest BCUT2D eigenvalue weighted by molar-refractivity contribution is -0.124. The Morgan fingerprint density at radius 1 is 1.43 bits per heavy atom. The molecule has 2 rings (SSSR count). The third-order valence-electron chi connectivity index (χ3n) is 3.62.